The number of para-hydroxylation sites is 1. The fraction of sp³-hybridized carbons (Fsp3) is 0.263. The molecule has 0 radical (unpaired) electrons. The van der Waals surface area contributed by atoms with Gasteiger partial charge in [0.1, 0.15) is 0 Å². The third-order valence-electron chi connectivity index (χ3n) is 4.21. The molecule has 0 spiro atoms. The van der Waals surface area contributed by atoms with Crippen molar-refractivity contribution < 1.29 is 9.59 Å². The molecule has 24 heavy (non-hydrogen) atoms. The molecule has 1 atom stereocenters. The van der Waals surface area contributed by atoms with Crippen LogP contribution in [0, 0.1) is 5.92 Å². The van der Waals surface area contributed by atoms with Gasteiger partial charge in [-0.05, 0) is 49.2 Å². The zero-order valence-electron chi connectivity index (χ0n) is 13.2. The van der Waals surface area contributed by atoms with Gasteiger partial charge in [-0.2, -0.15) is 0 Å². The number of halogens is 1. The maximum atomic E-state index is 12.6. The fourth-order valence-corrected chi connectivity index (χ4v) is 3.18. The third-order valence-corrected chi connectivity index (χ3v) is 4.74. The Hall–Kier alpha value is -2.14. The van der Waals surface area contributed by atoms with Crippen LogP contribution in [0.2, 0.25) is 0 Å². The van der Waals surface area contributed by atoms with E-state index in [0.29, 0.717) is 18.7 Å². The maximum Gasteiger partial charge on any atom is 0.253 e. The SMILES string of the molecule is O=C(Nc1ccccc1)C1CCCN(C(=O)c2ccc(Br)cc2)C1. The Labute approximate surface area is 150 Å². The van der Waals surface area contributed by atoms with Crippen molar-refractivity contribution in [3.8, 4) is 0 Å². The molecule has 1 N–H and O–H groups in total. The van der Waals surface area contributed by atoms with Crippen molar-refractivity contribution in [2.75, 3.05) is 18.4 Å². The van der Waals surface area contributed by atoms with E-state index in [1.54, 1.807) is 17.0 Å². The summed E-state index contributed by atoms with van der Waals surface area (Å²) in [4.78, 5) is 26.9. The first-order valence-electron chi connectivity index (χ1n) is 8.04. The minimum Gasteiger partial charge on any atom is -0.338 e. The summed E-state index contributed by atoms with van der Waals surface area (Å²) >= 11 is 3.37. The molecule has 2 aromatic carbocycles. The standard InChI is InChI=1S/C19H19BrN2O2/c20-16-10-8-14(9-11-16)19(24)22-12-4-5-15(13-22)18(23)21-17-6-2-1-3-7-17/h1-3,6-11,15H,4-5,12-13H2,(H,21,23). The molecule has 124 valence electrons. The largest absolute Gasteiger partial charge is 0.338 e. The summed E-state index contributed by atoms with van der Waals surface area (Å²) in [5, 5.41) is 2.94. The first-order chi connectivity index (χ1) is 11.6. The van der Waals surface area contributed by atoms with Crippen molar-refractivity contribution in [1.29, 1.82) is 0 Å². The van der Waals surface area contributed by atoms with Crippen molar-refractivity contribution >= 4 is 33.4 Å². The van der Waals surface area contributed by atoms with Crippen molar-refractivity contribution in [1.82, 2.24) is 4.90 Å². The van der Waals surface area contributed by atoms with E-state index in [2.05, 4.69) is 21.2 Å². The molecule has 1 saturated heterocycles. The second-order valence-electron chi connectivity index (χ2n) is 5.95. The molecule has 2 amide bonds. The van der Waals surface area contributed by atoms with Crippen LogP contribution in [-0.2, 0) is 4.79 Å². The van der Waals surface area contributed by atoms with Crippen LogP contribution in [0.3, 0.4) is 0 Å². The molecule has 1 heterocycles. The molecule has 0 saturated carbocycles. The van der Waals surface area contributed by atoms with Gasteiger partial charge in [-0.25, -0.2) is 0 Å². The molecule has 0 aliphatic carbocycles. The molecule has 1 aliphatic rings. The lowest BCUT2D eigenvalue weighted by Crippen LogP contribution is -2.43. The monoisotopic (exact) mass is 386 g/mol. The van der Waals surface area contributed by atoms with Gasteiger partial charge in [0.15, 0.2) is 0 Å². The van der Waals surface area contributed by atoms with Crippen LogP contribution in [0.1, 0.15) is 23.2 Å². The van der Waals surface area contributed by atoms with Crippen molar-refractivity contribution in [3.63, 3.8) is 0 Å². The molecule has 1 aliphatic heterocycles. The Morgan fingerprint density at radius 2 is 1.75 bits per heavy atom. The highest BCUT2D eigenvalue weighted by Gasteiger charge is 2.28. The number of hydrogen-bond donors (Lipinski definition) is 1. The van der Waals surface area contributed by atoms with E-state index < -0.39 is 0 Å². The van der Waals surface area contributed by atoms with E-state index in [-0.39, 0.29) is 17.7 Å². The van der Waals surface area contributed by atoms with E-state index in [0.717, 1.165) is 23.0 Å². The van der Waals surface area contributed by atoms with E-state index >= 15 is 0 Å². The van der Waals surface area contributed by atoms with Crippen LogP contribution in [0.25, 0.3) is 0 Å². The molecule has 0 aromatic heterocycles. The highest BCUT2D eigenvalue weighted by Crippen LogP contribution is 2.21. The van der Waals surface area contributed by atoms with E-state index in [1.807, 2.05) is 42.5 Å². The Balaban J connectivity index is 1.64. The van der Waals surface area contributed by atoms with Gasteiger partial charge in [0.25, 0.3) is 5.91 Å². The summed E-state index contributed by atoms with van der Waals surface area (Å²) in [5.74, 6) is -0.201. The van der Waals surface area contributed by atoms with Crippen LogP contribution in [0.15, 0.2) is 59.1 Å². The lowest BCUT2D eigenvalue weighted by molar-refractivity contribution is -0.121. The van der Waals surface area contributed by atoms with Gasteiger partial charge < -0.3 is 10.2 Å². The second-order valence-corrected chi connectivity index (χ2v) is 6.87. The van der Waals surface area contributed by atoms with Gasteiger partial charge in [0.2, 0.25) is 5.91 Å². The average Bonchev–Trinajstić information content (AvgIpc) is 2.63. The predicted molar refractivity (Wildman–Crippen MR) is 97.8 cm³/mol. The van der Waals surface area contributed by atoms with Gasteiger partial charge in [0, 0.05) is 28.8 Å². The van der Waals surface area contributed by atoms with Gasteiger partial charge in [-0.1, -0.05) is 34.1 Å². The number of anilines is 1. The summed E-state index contributed by atoms with van der Waals surface area (Å²) in [6, 6.07) is 16.7. The average molecular weight is 387 g/mol. The molecular formula is C19H19BrN2O2. The number of nitrogens with zero attached hydrogens (tertiary/aromatic N) is 1. The van der Waals surface area contributed by atoms with Crippen LogP contribution in [-0.4, -0.2) is 29.8 Å². The van der Waals surface area contributed by atoms with Gasteiger partial charge in [0.05, 0.1) is 5.92 Å². The molecule has 1 unspecified atom stereocenters. The Kier molecular flexibility index (Phi) is 5.30. The summed E-state index contributed by atoms with van der Waals surface area (Å²) in [5.41, 5.74) is 1.45. The quantitative estimate of drug-likeness (QED) is 0.868. The second kappa shape index (κ2) is 7.62. The number of likely N-dealkylation sites (tertiary alicyclic amines) is 1. The maximum absolute atomic E-state index is 12.6. The Morgan fingerprint density at radius 3 is 2.46 bits per heavy atom. The molecule has 2 aromatic rings. The first kappa shape index (κ1) is 16.7. The van der Waals surface area contributed by atoms with Gasteiger partial charge in [-0.3, -0.25) is 9.59 Å². The highest BCUT2D eigenvalue weighted by molar-refractivity contribution is 9.10. The number of amides is 2. The number of piperidine rings is 1. The summed E-state index contributed by atoms with van der Waals surface area (Å²) in [7, 11) is 0. The summed E-state index contributed by atoms with van der Waals surface area (Å²) < 4.78 is 0.942. The molecule has 3 rings (SSSR count). The molecule has 4 nitrogen and oxygen atoms in total. The number of hydrogen-bond acceptors (Lipinski definition) is 2. The van der Waals surface area contributed by atoms with Crippen molar-refractivity contribution in [3.05, 3.63) is 64.6 Å². The zero-order valence-corrected chi connectivity index (χ0v) is 14.8. The van der Waals surface area contributed by atoms with Crippen LogP contribution < -0.4 is 5.32 Å². The van der Waals surface area contributed by atoms with Gasteiger partial charge in [-0.15, -0.1) is 0 Å². The molecular weight excluding hydrogens is 368 g/mol. The Bertz CT molecular complexity index is 716. The lowest BCUT2D eigenvalue weighted by Gasteiger charge is -2.32. The van der Waals surface area contributed by atoms with Crippen LogP contribution in [0.4, 0.5) is 5.69 Å². The number of carbonyl (C=O) groups excluding carboxylic acids is 2. The number of carbonyl (C=O) groups is 2. The summed E-state index contributed by atoms with van der Waals surface area (Å²) in [6.45, 7) is 1.16. The highest BCUT2D eigenvalue weighted by atomic mass is 79.9. The minimum atomic E-state index is -0.168. The minimum absolute atomic E-state index is 0.0142. The summed E-state index contributed by atoms with van der Waals surface area (Å²) in [6.07, 6.45) is 1.65. The van der Waals surface area contributed by atoms with E-state index in [4.69, 9.17) is 0 Å². The molecule has 1 fully saturated rings. The van der Waals surface area contributed by atoms with E-state index in [1.165, 1.54) is 0 Å². The first-order valence-corrected chi connectivity index (χ1v) is 8.83. The smallest absolute Gasteiger partial charge is 0.253 e. The van der Waals surface area contributed by atoms with E-state index in [9.17, 15) is 9.59 Å². The Morgan fingerprint density at radius 1 is 1.04 bits per heavy atom. The third kappa shape index (κ3) is 4.03. The number of benzene rings is 2. The molecule has 5 heteroatoms. The fourth-order valence-electron chi connectivity index (χ4n) is 2.92. The number of nitrogens with one attached hydrogen (secondary N) is 1. The van der Waals surface area contributed by atoms with Crippen molar-refractivity contribution in [2.24, 2.45) is 5.92 Å². The van der Waals surface area contributed by atoms with Crippen molar-refractivity contribution in [2.45, 2.75) is 12.8 Å². The normalized spacial score (nSPS) is 17.4. The number of rotatable bonds is 3. The van der Waals surface area contributed by atoms with Gasteiger partial charge >= 0.3 is 0 Å². The van der Waals surface area contributed by atoms with Crippen LogP contribution >= 0.6 is 15.9 Å². The lowest BCUT2D eigenvalue weighted by atomic mass is 9.96. The zero-order chi connectivity index (χ0) is 16.9. The predicted octanol–water partition coefficient (Wildman–Crippen LogP) is 3.94. The molecule has 0 bridgehead atoms. The van der Waals surface area contributed by atoms with Crippen LogP contribution in [0.5, 0.6) is 0 Å². The topological polar surface area (TPSA) is 49.4 Å².